The summed E-state index contributed by atoms with van der Waals surface area (Å²) in [5, 5.41) is 0. The van der Waals surface area contributed by atoms with Crippen molar-refractivity contribution in [2.45, 2.75) is 84.3 Å². The number of fused-ring (bicyclic) bond motifs is 5. The van der Waals surface area contributed by atoms with Crippen molar-refractivity contribution in [3.63, 3.8) is 0 Å². The van der Waals surface area contributed by atoms with Crippen LogP contribution < -0.4 is 0 Å². The quantitative estimate of drug-likeness (QED) is 0.620. The van der Waals surface area contributed by atoms with Gasteiger partial charge in [-0.05, 0) is 92.3 Å². The van der Waals surface area contributed by atoms with Crippen LogP contribution in [-0.2, 0) is 9.47 Å². The number of ether oxygens (including phenoxy) is 2. The zero-order chi connectivity index (χ0) is 16.9. The standard InChI is InChI=1S/C22H38O2/c1-21-11-5-6-18(21)17-8-7-16-14-15(20(23-3)24-4)9-13-22(16,2)19(17)10-12-21/h15-20H,5-14H2,1-4H3/t15?,16?,17?,18?,19?,21-,22-/m0/s1. The predicted octanol–water partition coefficient (Wildman–Crippen LogP) is 5.65. The Kier molecular flexibility index (Phi) is 4.53. The van der Waals surface area contributed by atoms with Crippen molar-refractivity contribution in [2.75, 3.05) is 14.2 Å². The van der Waals surface area contributed by atoms with E-state index in [4.69, 9.17) is 9.47 Å². The third-order valence-electron chi connectivity index (χ3n) is 9.34. The lowest BCUT2D eigenvalue weighted by molar-refractivity contribution is -0.175. The van der Waals surface area contributed by atoms with Gasteiger partial charge in [0.1, 0.15) is 0 Å². The van der Waals surface area contributed by atoms with Gasteiger partial charge >= 0.3 is 0 Å². The van der Waals surface area contributed by atoms with Crippen LogP contribution in [0.2, 0.25) is 0 Å². The lowest BCUT2D eigenvalue weighted by Crippen LogP contribution is -2.53. The Morgan fingerprint density at radius 3 is 2.38 bits per heavy atom. The second-order valence-electron chi connectivity index (χ2n) is 10.1. The number of hydrogen-bond donors (Lipinski definition) is 0. The van der Waals surface area contributed by atoms with Gasteiger partial charge < -0.3 is 9.47 Å². The largest absolute Gasteiger partial charge is 0.356 e. The predicted molar refractivity (Wildman–Crippen MR) is 97.6 cm³/mol. The summed E-state index contributed by atoms with van der Waals surface area (Å²) in [5.74, 6) is 4.57. The zero-order valence-corrected chi connectivity index (χ0v) is 16.4. The minimum Gasteiger partial charge on any atom is -0.356 e. The fourth-order valence-electron chi connectivity index (χ4n) is 8.01. The molecule has 2 nitrogen and oxygen atoms in total. The first kappa shape index (κ1) is 17.3. The third-order valence-corrected chi connectivity index (χ3v) is 9.34. The van der Waals surface area contributed by atoms with E-state index in [1.165, 1.54) is 64.2 Å². The Labute approximate surface area is 149 Å². The van der Waals surface area contributed by atoms with Crippen LogP contribution >= 0.6 is 0 Å². The van der Waals surface area contributed by atoms with Gasteiger partial charge in [0.25, 0.3) is 0 Å². The lowest BCUT2D eigenvalue weighted by atomic mass is 9.44. The summed E-state index contributed by atoms with van der Waals surface area (Å²) in [6.07, 6.45) is 14.5. The van der Waals surface area contributed by atoms with E-state index in [1.807, 2.05) is 0 Å². The average molecular weight is 335 g/mol. The molecule has 2 heteroatoms. The second-order valence-corrected chi connectivity index (χ2v) is 10.1. The van der Waals surface area contributed by atoms with E-state index in [0.29, 0.717) is 16.7 Å². The van der Waals surface area contributed by atoms with Crippen molar-refractivity contribution in [1.82, 2.24) is 0 Å². The molecule has 0 aromatic rings. The molecule has 4 saturated carbocycles. The summed E-state index contributed by atoms with van der Waals surface area (Å²) in [6.45, 7) is 5.28. The summed E-state index contributed by atoms with van der Waals surface area (Å²) >= 11 is 0. The molecular formula is C22H38O2. The normalized spacial score (nSPS) is 51.1. The summed E-state index contributed by atoms with van der Waals surface area (Å²) in [5.41, 5.74) is 1.29. The lowest BCUT2D eigenvalue weighted by Gasteiger charge is -2.61. The van der Waals surface area contributed by atoms with Crippen LogP contribution in [0.5, 0.6) is 0 Å². The van der Waals surface area contributed by atoms with Gasteiger partial charge in [-0.25, -0.2) is 0 Å². The SMILES string of the molecule is COC(OC)C1CC[C@@]2(C)C(CCC3C4CCC[C@@]4(C)CCC32)C1. The molecule has 5 unspecified atom stereocenters. The highest BCUT2D eigenvalue weighted by Crippen LogP contribution is 2.66. The highest BCUT2D eigenvalue weighted by atomic mass is 16.7. The van der Waals surface area contributed by atoms with E-state index >= 15 is 0 Å². The third kappa shape index (κ3) is 2.50. The smallest absolute Gasteiger partial charge is 0.159 e. The van der Waals surface area contributed by atoms with Crippen molar-refractivity contribution < 1.29 is 9.47 Å². The Balaban J connectivity index is 1.52. The minimum absolute atomic E-state index is 0.0109. The van der Waals surface area contributed by atoms with Crippen LogP contribution in [0.25, 0.3) is 0 Å². The van der Waals surface area contributed by atoms with Gasteiger partial charge in [0.2, 0.25) is 0 Å². The minimum atomic E-state index is 0.0109. The maximum atomic E-state index is 5.61. The fourth-order valence-corrected chi connectivity index (χ4v) is 8.01. The van der Waals surface area contributed by atoms with Gasteiger partial charge in [0.05, 0.1) is 0 Å². The molecule has 0 radical (unpaired) electrons. The van der Waals surface area contributed by atoms with Gasteiger partial charge in [-0.2, -0.15) is 0 Å². The summed E-state index contributed by atoms with van der Waals surface area (Å²) in [4.78, 5) is 0. The molecule has 4 rings (SSSR count). The Morgan fingerprint density at radius 2 is 1.62 bits per heavy atom. The fraction of sp³-hybridized carbons (Fsp3) is 1.00. The summed E-state index contributed by atoms with van der Waals surface area (Å²) in [7, 11) is 3.61. The molecule has 4 aliphatic rings. The molecule has 0 aliphatic heterocycles. The Morgan fingerprint density at radius 1 is 0.833 bits per heavy atom. The van der Waals surface area contributed by atoms with Crippen molar-refractivity contribution in [1.29, 1.82) is 0 Å². The molecule has 4 aliphatic carbocycles. The first-order valence-corrected chi connectivity index (χ1v) is 10.6. The molecule has 0 aromatic carbocycles. The molecule has 0 amide bonds. The highest BCUT2D eigenvalue weighted by Gasteiger charge is 2.58. The van der Waals surface area contributed by atoms with Crippen LogP contribution in [0.3, 0.4) is 0 Å². The monoisotopic (exact) mass is 334 g/mol. The number of hydrogen-bond acceptors (Lipinski definition) is 2. The molecular weight excluding hydrogens is 296 g/mol. The van der Waals surface area contributed by atoms with Crippen LogP contribution in [0, 0.1) is 40.4 Å². The molecule has 138 valence electrons. The van der Waals surface area contributed by atoms with Gasteiger partial charge in [0, 0.05) is 20.1 Å². The topological polar surface area (TPSA) is 18.5 Å². The van der Waals surface area contributed by atoms with Crippen molar-refractivity contribution in [2.24, 2.45) is 40.4 Å². The second kappa shape index (κ2) is 6.27. The molecule has 0 N–H and O–H groups in total. The number of methoxy groups -OCH3 is 2. The molecule has 0 heterocycles. The Hall–Kier alpha value is -0.0800. The van der Waals surface area contributed by atoms with E-state index in [0.717, 1.165) is 23.7 Å². The molecule has 0 spiro atoms. The van der Waals surface area contributed by atoms with E-state index in [1.54, 1.807) is 14.2 Å². The Bertz CT molecular complexity index is 459. The van der Waals surface area contributed by atoms with Crippen LogP contribution in [0.15, 0.2) is 0 Å². The molecule has 0 saturated heterocycles. The summed E-state index contributed by atoms with van der Waals surface area (Å²) < 4.78 is 11.2. The van der Waals surface area contributed by atoms with Crippen molar-refractivity contribution in [3.8, 4) is 0 Å². The van der Waals surface area contributed by atoms with Crippen molar-refractivity contribution >= 4 is 0 Å². The molecule has 4 fully saturated rings. The van der Waals surface area contributed by atoms with Gasteiger partial charge in [0.15, 0.2) is 6.29 Å². The van der Waals surface area contributed by atoms with Crippen LogP contribution in [0.1, 0.15) is 78.1 Å². The van der Waals surface area contributed by atoms with Crippen molar-refractivity contribution in [3.05, 3.63) is 0 Å². The maximum Gasteiger partial charge on any atom is 0.159 e. The first-order valence-electron chi connectivity index (χ1n) is 10.6. The molecule has 0 aromatic heterocycles. The molecule has 0 bridgehead atoms. The molecule has 7 atom stereocenters. The molecule has 24 heavy (non-hydrogen) atoms. The average Bonchev–Trinajstić information content (AvgIpc) is 2.98. The van der Waals surface area contributed by atoms with Gasteiger partial charge in [-0.15, -0.1) is 0 Å². The first-order chi connectivity index (χ1) is 11.5. The zero-order valence-electron chi connectivity index (χ0n) is 16.4. The summed E-state index contributed by atoms with van der Waals surface area (Å²) in [6, 6.07) is 0. The van der Waals surface area contributed by atoms with E-state index < -0.39 is 0 Å². The van der Waals surface area contributed by atoms with Crippen LogP contribution in [-0.4, -0.2) is 20.5 Å². The highest BCUT2D eigenvalue weighted by molar-refractivity contribution is 5.07. The van der Waals surface area contributed by atoms with E-state index in [9.17, 15) is 0 Å². The number of rotatable bonds is 3. The van der Waals surface area contributed by atoms with Gasteiger partial charge in [-0.1, -0.05) is 20.3 Å². The van der Waals surface area contributed by atoms with E-state index in [-0.39, 0.29) is 6.29 Å². The van der Waals surface area contributed by atoms with E-state index in [2.05, 4.69) is 13.8 Å². The van der Waals surface area contributed by atoms with Crippen LogP contribution in [0.4, 0.5) is 0 Å². The maximum absolute atomic E-state index is 5.61. The van der Waals surface area contributed by atoms with Gasteiger partial charge in [-0.3, -0.25) is 0 Å².